The van der Waals surface area contributed by atoms with Crippen LogP contribution in [0.4, 0.5) is 11.4 Å². The number of carbonyl (C=O) groups excluding carboxylic acids is 1. The zero-order valence-electron chi connectivity index (χ0n) is 15.5. The van der Waals surface area contributed by atoms with Gasteiger partial charge in [0, 0.05) is 11.4 Å². The highest BCUT2D eigenvalue weighted by Crippen LogP contribution is 2.27. The van der Waals surface area contributed by atoms with Crippen molar-refractivity contribution in [3.05, 3.63) is 59.2 Å². The largest absolute Gasteiger partial charge is 0.548 e. The Hall–Kier alpha value is -2.75. The van der Waals surface area contributed by atoms with Crippen LogP contribution in [-0.2, 0) is 4.79 Å². The SMILES string of the molecule is Cc1cc(NC2CCCC2O)cc(C(Nc2ccc(C#N)cc2)C(=O)[O-])c1.Cl. The van der Waals surface area contributed by atoms with Crippen LogP contribution in [0.15, 0.2) is 42.5 Å². The second-order valence-corrected chi connectivity index (χ2v) is 6.97. The zero-order chi connectivity index (χ0) is 19.4. The first-order valence-corrected chi connectivity index (χ1v) is 9.00. The Labute approximate surface area is 170 Å². The van der Waals surface area contributed by atoms with Gasteiger partial charge in [-0.1, -0.05) is 6.07 Å². The number of carbonyl (C=O) groups is 1. The lowest BCUT2D eigenvalue weighted by Gasteiger charge is -2.24. The van der Waals surface area contributed by atoms with E-state index in [4.69, 9.17) is 5.26 Å². The van der Waals surface area contributed by atoms with Gasteiger partial charge < -0.3 is 25.6 Å². The van der Waals surface area contributed by atoms with Crippen LogP contribution in [0.25, 0.3) is 0 Å². The van der Waals surface area contributed by atoms with E-state index >= 15 is 0 Å². The summed E-state index contributed by atoms with van der Waals surface area (Å²) in [5.41, 5.74) is 3.35. The van der Waals surface area contributed by atoms with Crippen molar-refractivity contribution in [1.82, 2.24) is 0 Å². The Kier molecular flexibility index (Phi) is 7.27. The molecule has 1 fully saturated rings. The number of benzene rings is 2. The third-order valence-corrected chi connectivity index (χ3v) is 4.83. The van der Waals surface area contributed by atoms with Gasteiger partial charge in [-0.2, -0.15) is 5.26 Å². The van der Waals surface area contributed by atoms with E-state index in [2.05, 4.69) is 10.6 Å². The van der Waals surface area contributed by atoms with Crippen molar-refractivity contribution in [2.24, 2.45) is 0 Å². The molecule has 148 valence electrons. The van der Waals surface area contributed by atoms with Crippen molar-refractivity contribution in [2.75, 3.05) is 10.6 Å². The molecule has 0 amide bonds. The molecule has 2 aromatic carbocycles. The summed E-state index contributed by atoms with van der Waals surface area (Å²) in [4.78, 5) is 11.8. The van der Waals surface area contributed by atoms with E-state index < -0.39 is 12.0 Å². The number of nitriles is 1. The number of aliphatic hydroxyl groups is 1. The Morgan fingerprint density at radius 3 is 2.50 bits per heavy atom. The van der Waals surface area contributed by atoms with Gasteiger partial charge in [0.05, 0.1) is 35.8 Å². The normalized spacial score (nSPS) is 19.2. The fraction of sp³-hybridized carbons (Fsp3) is 0.333. The van der Waals surface area contributed by atoms with Crippen LogP contribution < -0.4 is 15.7 Å². The molecule has 3 atom stereocenters. The lowest BCUT2D eigenvalue weighted by Crippen LogP contribution is -2.34. The number of nitrogens with zero attached hydrogens (tertiary/aromatic N) is 1. The van der Waals surface area contributed by atoms with E-state index in [0.717, 1.165) is 30.5 Å². The Morgan fingerprint density at radius 2 is 1.93 bits per heavy atom. The molecule has 7 heteroatoms. The second-order valence-electron chi connectivity index (χ2n) is 6.97. The van der Waals surface area contributed by atoms with Crippen LogP contribution in [0.1, 0.15) is 42.0 Å². The monoisotopic (exact) mass is 400 g/mol. The zero-order valence-corrected chi connectivity index (χ0v) is 16.3. The van der Waals surface area contributed by atoms with Crippen molar-refractivity contribution >= 4 is 29.8 Å². The van der Waals surface area contributed by atoms with E-state index in [1.54, 1.807) is 36.4 Å². The molecule has 3 N–H and O–H groups in total. The number of nitrogens with one attached hydrogen (secondary N) is 2. The van der Waals surface area contributed by atoms with Crippen molar-refractivity contribution in [3.8, 4) is 6.07 Å². The lowest BCUT2D eigenvalue weighted by molar-refractivity contribution is -0.307. The second kappa shape index (κ2) is 9.45. The van der Waals surface area contributed by atoms with Crippen LogP contribution in [0.2, 0.25) is 0 Å². The van der Waals surface area contributed by atoms with Gasteiger partial charge in [0.2, 0.25) is 0 Å². The predicted octanol–water partition coefficient (Wildman–Crippen LogP) is 2.52. The van der Waals surface area contributed by atoms with Gasteiger partial charge in [-0.15, -0.1) is 12.4 Å². The molecule has 0 spiro atoms. The number of hydrogen-bond donors (Lipinski definition) is 3. The molecule has 28 heavy (non-hydrogen) atoms. The molecule has 0 bridgehead atoms. The Balaban J connectivity index is 0.00000280. The van der Waals surface area contributed by atoms with E-state index in [0.29, 0.717) is 16.8 Å². The minimum atomic E-state index is -1.24. The number of anilines is 2. The number of carboxylic acids is 1. The summed E-state index contributed by atoms with van der Waals surface area (Å²) >= 11 is 0. The summed E-state index contributed by atoms with van der Waals surface area (Å²) < 4.78 is 0. The summed E-state index contributed by atoms with van der Waals surface area (Å²) in [6, 6.07) is 13.1. The smallest absolute Gasteiger partial charge is 0.0991 e. The minimum Gasteiger partial charge on any atom is -0.548 e. The Morgan fingerprint density at radius 1 is 1.21 bits per heavy atom. The number of rotatable bonds is 6. The summed E-state index contributed by atoms with van der Waals surface area (Å²) in [6.07, 6.45) is 2.25. The first kappa shape index (κ1) is 21.5. The van der Waals surface area contributed by atoms with Crippen molar-refractivity contribution < 1.29 is 15.0 Å². The quantitative estimate of drug-likeness (QED) is 0.687. The summed E-state index contributed by atoms with van der Waals surface area (Å²) in [6.45, 7) is 1.90. The van der Waals surface area contributed by atoms with Gasteiger partial charge in [0.25, 0.3) is 0 Å². The molecule has 0 aromatic heterocycles. The number of aliphatic carboxylic acids is 1. The fourth-order valence-electron chi connectivity index (χ4n) is 3.47. The van der Waals surface area contributed by atoms with Gasteiger partial charge in [-0.25, -0.2) is 0 Å². The topological polar surface area (TPSA) is 108 Å². The van der Waals surface area contributed by atoms with Crippen LogP contribution in [-0.4, -0.2) is 23.2 Å². The highest BCUT2D eigenvalue weighted by atomic mass is 35.5. The maximum Gasteiger partial charge on any atom is 0.0991 e. The molecule has 3 unspecified atom stereocenters. The third kappa shape index (κ3) is 5.16. The van der Waals surface area contributed by atoms with Gasteiger partial charge in [0.1, 0.15) is 0 Å². The number of aryl methyl sites for hydroxylation is 1. The summed E-state index contributed by atoms with van der Waals surface area (Å²) in [5, 5.41) is 36.9. The average molecular weight is 401 g/mol. The Bertz CT molecular complexity index is 864. The first-order valence-electron chi connectivity index (χ1n) is 9.00. The minimum absolute atomic E-state index is 0. The predicted molar refractivity (Wildman–Crippen MR) is 108 cm³/mol. The number of aliphatic hydroxyl groups excluding tert-OH is 1. The summed E-state index contributed by atoms with van der Waals surface area (Å²) in [5.74, 6) is -1.24. The third-order valence-electron chi connectivity index (χ3n) is 4.83. The first-order chi connectivity index (χ1) is 13.0. The summed E-state index contributed by atoms with van der Waals surface area (Å²) in [7, 11) is 0. The van der Waals surface area contributed by atoms with Crippen LogP contribution in [0.3, 0.4) is 0 Å². The molecule has 0 saturated heterocycles. The standard InChI is InChI=1S/C21H23N3O3.ClH/c1-13-9-15(11-17(10-13)23-18-3-2-4-19(18)25)20(21(26)27)24-16-7-5-14(12-22)6-8-16;/h5-11,18-20,23-25H,2-4H2,1H3,(H,26,27);1H/p-1. The van der Waals surface area contributed by atoms with E-state index in [-0.39, 0.29) is 24.6 Å². The fourth-order valence-corrected chi connectivity index (χ4v) is 3.47. The molecule has 1 aliphatic carbocycles. The number of hydrogen-bond acceptors (Lipinski definition) is 6. The van der Waals surface area contributed by atoms with Gasteiger partial charge in [-0.3, -0.25) is 0 Å². The molecule has 6 nitrogen and oxygen atoms in total. The van der Waals surface area contributed by atoms with Gasteiger partial charge in [0.15, 0.2) is 0 Å². The molecule has 3 rings (SSSR count). The van der Waals surface area contributed by atoms with E-state index in [9.17, 15) is 15.0 Å². The molecule has 1 saturated carbocycles. The molecule has 0 heterocycles. The maximum absolute atomic E-state index is 11.8. The van der Waals surface area contributed by atoms with Crippen LogP contribution in [0.5, 0.6) is 0 Å². The average Bonchev–Trinajstić information content (AvgIpc) is 3.04. The van der Waals surface area contributed by atoms with E-state index in [1.165, 1.54) is 0 Å². The van der Waals surface area contributed by atoms with Crippen LogP contribution >= 0.6 is 12.4 Å². The van der Waals surface area contributed by atoms with Gasteiger partial charge >= 0.3 is 0 Å². The maximum atomic E-state index is 11.8. The molecular formula is C21H23ClN3O3-. The van der Waals surface area contributed by atoms with Gasteiger partial charge in [-0.05, 0) is 73.7 Å². The molecule has 2 aromatic rings. The molecule has 0 radical (unpaired) electrons. The molecule has 0 aliphatic heterocycles. The van der Waals surface area contributed by atoms with Crippen molar-refractivity contribution in [3.63, 3.8) is 0 Å². The van der Waals surface area contributed by atoms with Crippen molar-refractivity contribution in [2.45, 2.75) is 44.4 Å². The number of carboxylic acid groups (broad SMARTS) is 1. The van der Waals surface area contributed by atoms with Crippen molar-refractivity contribution in [1.29, 1.82) is 5.26 Å². The highest BCUT2D eigenvalue weighted by molar-refractivity contribution is 5.85. The van der Waals surface area contributed by atoms with Crippen LogP contribution in [0, 0.1) is 18.3 Å². The molecular weight excluding hydrogens is 378 g/mol. The lowest BCUT2D eigenvalue weighted by atomic mass is 10.0. The number of halogens is 1. The molecule has 1 aliphatic rings. The van der Waals surface area contributed by atoms with E-state index in [1.807, 2.05) is 19.1 Å². The highest BCUT2D eigenvalue weighted by Gasteiger charge is 2.25.